The summed E-state index contributed by atoms with van der Waals surface area (Å²) in [4.78, 5) is 11.2. The number of hydrogen-bond acceptors (Lipinski definition) is 5. The number of hydrazine groups is 1. The Labute approximate surface area is 118 Å². The molecule has 6 nitrogen and oxygen atoms in total. The maximum atomic E-state index is 11.2. The summed E-state index contributed by atoms with van der Waals surface area (Å²) in [6, 6.07) is 6.77. The monoisotopic (exact) mass is 280 g/mol. The molecule has 6 heteroatoms. The van der Waals surface area contributed by atoms with Crippen LogP contribution in [0.1, 0.15) is 23.2 Å². The van der Waals surface area contributed by atoms with Gasteiger partial charge in [-0.3, -0.25) is 10.2 Å². The van der Waals surface area contributed by atoms with Gasteiger partial charge in [-0.05, 0) is 37.1 Å². The summed E-state index contributed by atoms with van der Waals surface area (Å²) in [5.74, 6) is 5.42. The molecule has 1 saturated heterocycles. The Hall–Kier alpha value is -1.63. The number of benzene rings is 1. The first-order chi connectivity index (χ1) is 9.79. The Bertz CT molecular complexity index is 416. The summed E-state index contributed by atoms with van der Waals surface area (Å²) in [6.07, 6.45) is 2.43. The average Bonchev–Trinajstić information content (AvgIpc) is 3.00. The Morgan fingerprint density at radius 3 is 2.80 bits per heavy atom. The molecular formula is C14H20N2O4. The topological polar surface area (TPSA) is 82.8 Å². The summed E-state index contributed by atoms with van der Waals surface area (Å²) >= 11 is 0. The van der Waals surface area contributed by atoms with Crippen molar-refractivity contribution >= 4 is 5.91 Å². The van der Waals surface area contributed by atoms with Gasteiger partial charge < -0.3 is 14.2 Å². The third-order valence-corrected chi connectivity index (χ3v) is 3.07. The molecule has 1 fully saturated rings. The highest BCUT2D eigenvalue weighted by Gasteiger charge is 2.14. The van der Waals surface area contributed by atoms with Gasteiger partial charge in [0.2, 0.25) is 0 Å². The van der Waals surface area contributed by atoms with Crippen LogP contribution in [0.25, 0.3) is 0 Å². The molecule has 0 aliphatic carbocycles. The molecule has 3 N–H and O–H groups in total. The van der Waals surface area contributed by atoms with Crippen LogP contribution < -0.4 is 16.0 Å². The fourth-order valence-electron chi connectivity index (χ4n) is 1.99. The van der Waals surface area contributed by atoms with Crippen LogP contribution in [0.4, 0.5) is 0 Å². The molecule has 0 spiro atoms. The molecule has 0 saturated carbocycles. The van der Waals surface area contributed by atoms with Crippen molar-refractivity contribution in [1.29, 1.82) is 0 Å². The van der Waals surface area contributed by atoms with Gasteiger partial charge in [0.05, 0.1) is 19.3 Å². The van der Waals surface area contributed by atoms with Crippen molar-refractivity contribution in [2.45, 2.75) is 18.9 Å². The summed E-state index contributed by atoms with van der Waals surface area (Å²) in [6.45, 7) is 2.45. The second-order valence-corrected chi connectivity index (χ2v) is 4.56. The number of hydrogen-bond donors (Lipinski definition) is 2. The highest BCUT2D eigenvalue weighted by atomic mass is 16.5. The Morgan fingerprint density at radius 2 is 2.15 bits per heavy atom. The number of amides is 1. The third kappa shape index (κ3) is 4.48. The van der Waals surface area contributed by atoms with Crippen LogP contribution in [0.2, 0.25) is 0 Å². The van der Waals surface area contributed by atoms with Crippen molar-refractivity contribution in [2.75, 3.05) is 26.4 Å². The first kappa shape index (κ1) is 14.8. The number of nitrogens with one attached hydrogen (secondary N) is 1. The van der Waals surface area contributed by atoms with E-state index < -0.39 is 0 Å². The smallest absolute Gasteiger partial charge is 0.265 e. The van der Waals surface area contributed by atoms with Crippen LogP contribution in [-0.4, -0.2) is 38.4 Å². The quantitative estimate of drug-likeness (QED) is 0.335. The lowest BCUT2D eigenvalue weighted by Crippen LogP contribution is -2.29. The van der Waals surface area contributed by atoms with Gasteiger partial charge >= 0.3 is 0 Å². The van der Waals surface area contributed by atoms with Crippen LogP contribution in [0.5, 0.6) is 5.75 Å². The van der Waals surface area contributed by atoms with E-state index in [0.717, 1.165) is 19.4 Å². The minimum Gasteiger partial charge on any atom is -0.491 e. The molecule has 2 rings (SSSR count). The van der Waals surface area contributed by atoms with E-state index >= 15 is 0 Å². The summed E-state index contributed by atoms with van der Waals surface area (Å²) < 4.78 is 16.4. The maximum absolute atomic E-state index is 11.2. The largest absolute Gasteiger partial charge is 0.491 e. The fourth-order valence-corrected chi connectivity index (χ4v) is 1.99. The van der Waals surface area contributed by atoms with Gasteiger partial charge in [0.15, 0.2) is 0 Å². The zero-order chi connectivity index (χ0) is 14.2. The summed E-state index contributed by atoms with van der Waals surface area (Å²) in [5, 5.41) is 0. The van der Waals surface area contributed by atoms with E-state index in [9.17, 15) is 4.79 Å². The molecule has 1 unspecified atom stereocenters. The normalized spacial score (nSPS) is 17.9. The number of carbonyl (C=O) groups is 1. The SMILES string of the molecule is NNC(=O)c1ccc(OCCOCC2CCCO2)cc1. The number of ether oxygens (including phenoxy) is 3. The van der Waals surface area contributed by atoms with E-state index in [1.54, 1.807) is 24.3 Å². The van der Waals surface area contributed by atoms with Gasteiger partial charge in [-0.2, -0.15) is 0 Å². The molecule has 1 aliphatic rings. The molecule has 110 valence electrons. The van der Waals surface area contributed by atoms with Crippen molar-refractivity contribution < 1.29 is 19.0 Å². The fraction of sp³-hybridized carbons (Fsp3) is 0.500. The maximum Gasteiger partial charge on any atom is 0.265 e. The predicted octanol–water partition coefficient (Wildman–Crippen LogP) is 0.864. The van der Waals surface area contributed by atoms with Crippen molar-refractivity contribution in [2.24, 2.45) is 5.84 Å². The van der Waals surface area contributed by atoms with Gasteiger partial charge in [-0.25, -0.2) is 5.84 Å². The summed E-state index contributed by atoms with van der Waals surface area (Å²) in [7, 11) is 0. The van der Waals surface area contributed by atoms with Crippen molar-refractivity contribution in [3.8, 4) is 5.75 Å². The van der Waals surface area contributed by atoms with Crippen LogP contribution in [0.15, 0.2) is 24.3 Å². The predicted molar refractivity (Wildman–Crippen MR) is 73.4 cm³/mol. The molecule has 1 amide bonds. The molecule has 0 bridgehead atoms. The molecule has 1 aliphatic heterocycles. The molecule has 1 aromatic carbocycles. The lowest BCUT2D eigenvalue weighted by molar-refractivity contribution is 0.00853. The van der Waals surface area contributed by atoms with E-state index in [1.165, 1.54) is 0 Å². The van der Waals surface area contributed by atoms with Gasteiger partial charge in [0, 0.05) is 12.2 Å². The van der Waals surface area contributed by atoms with Gasteiger partial charge in [-0.15, -0.1) is 0 Å². The molecule has 0 aromatic heterocycles. The van der Waals surface area contributed by atoms with E-state index in [-0.39, 0.29) is 12.0 Å². The average molecular weight is 280 g/mol. The van der Waals surface area contributed by atoms with Crippen molar-refractivity contribution in [1.82, 2.24) is 5.43 Å². The Kier molecular flexibility index (Phi) is 5.79. The zero-order valence-electron chi connectivity index (χ0n) is 11.3. The van der Waals surface area contributed by atoms with Gasteiger partial charge in [0.1, 0.15) is 12.4 Å². The summed E-state index contributed by atoms with van der Waals surface area (Å²) in [5.41, 5.74) is 2.57. The standard InChI is InChI=1S/C14H20N2O4/c15-16-14(17)11-3-5-12(6-4-11)20-9-8-18-10-13-2-1-7-19-13/h3-6,13H,1-2,7-10,15H2,(H,16,17). The van der Waals surface area contributed by atoms with E-state index in [1.807, 2.05) is 0 Å². The molecular weight excluding hydrogens is 260 g/mol. The Morgan fingerprint density at radius 1 is 1.35 bits per heavy atom. The zero-order valence-corrected chi connectivity index (χ0v) is 11.3. The number of rotatable bonds is 7. The minimum atomic E-state index is -0.323. The van der Waals surface area contributed by atoms with E-state index in [0.29, 0.717) is 31.1 Å². The number of carbonyl (C=O) groups excluding carboxylic acids is 1. The highest BCUT2D eigenvalue weighted by Crippen LogP contribution is 2.13. The first-order valence-electron chi connectivity index (χ1n) is 6.73. The minimum absolute atomic E-state index is 0.240. The lowest BCUT2D eigenvalue weighted by atomic mass is 10.2. The lowest BCUT2D eigenvalue weighted by Gasteiger charge is -2.11. The molecule has 1 aromatic rings. The Balaban J connectivity index is 1.62. The first-order valence-corrected chi connectivity index (χ1v) is 6.73. The highest BCUT2D eigenvalue weighted by molar-refractivity contribution is 5.93. The van der Waals surface area contributed by atoms with Crippen LogP contribution in [0, 0.1) is 0 Å². The van der Waals surface area contributed by atoms with Crippen molar-refractivity contribution in [3.05, 3.63) is 29.8 Å². The number of nitrogen functional groups attached to an aromatic ring is 1. The second-order valence-electron chi connectivity index (χ2n) is 4.56. The molecule has 20 heavy (non-hydrogen) atoms. The number of nitrogens with two attached hydrogens (primary N) is 1. The van der Waals surface area contributed by atoms with Crippen LogP contribution in [-0.2, 0) is 9.47 Å². The van der Waals surface area contributed by atoms with Crippen LogP contribution >= 0.6 is 0 Å². The molecule has 1 heterocycles. The second kappa shape index (κ2) is 7.84. The van der Waals surface area contributed by atoms with Gasteiger partial charge in [-0.1, -0.05) is 0 Å². The molecule has 0 radical (unpaired) electrons. The third-order valence-electron chi connectivity index (χ3n) is 3.07. The molecule has 1 atom stereocenters. The van der Waals surface area contributed by atoms with Crippen LogP contribution in [0.3, 0.4) is 0 Å². The van der Waals surface area contributed by atoms with Gasteiger partial charge in [0.25, 0.3) is 5.91 Å². The van der Waals surface area contributed by atoms with Crippen molar-refractivity contribution in [3.63, 3.8) is 0 Å². The van der Waals surface area contributed by atoms with E-state index in [4.69, 9.17) is 20.1 Å². The van der Waals surface area contributed by atoms with E-state index in [2.05, 4.69) is 5.43 Å².